The highest BCUT2D eigenvalue weighted by Gasteiger charge is 2.28. The Morgan fingerprint density at radius 2 is 1.71 bits per heavy atom. The maximum atomic E-state index is 14.1. The number of likely N-dealkylation sites (N-methyl/N-ethyl adjacent to an activating group) is 1. The number of para-hydroxylation sites is 1. The highest BCUT2D eigenvalue weighted by atomic mass is 19.1. The number of rotatable bonds is 1. The maximum absolute atomic E-state index is 14.1. The number of anilines is 1. The fourth-order valence-electron chi connectivity index (χ4n) is 2.42. The number of benzene rings is 2. The number of fused-ring (bicyclic) bond motifs is 1. The van der Waals surface area contributed by atoms with Crippen LogP contribution in [0.5, 0.6) is 0 Å². The molecule has 2 N–H and O–H groups in total. The Kier molecular flexibility index (Phi) is 3.27. The molecule has 5 heteroatoms. The van der Waals surface area contributed by atoms with E-state index in [1.807, 2.05) is 18.2 Å². The van der Waals surface area contributed by atoms with E-state index < -0.39 is 12.0 Å². The molecular formula is C16H14FN3O. The van der Waals surface area contributed by atoms with Crippen LogP contribution < -0.4 is 10.6 Å². The minimum atomic E-state index is -1.04. The van der Waals surface area contributed by atoms with Crippen molar-refractivity contribution < 1.29 is 9.18 Å². The predicted molar refractivity (Wildman–Crippen MR) is 79.9 cm³/mol. The van der Waals surface area contributed by atoms with E-state index in [1.165, 1.54) is 11.0 Å². The van der Waals surface area contributed by atoms with Gasteiger partial charge in [-0.25, -0.2) is 4.39 Å². The zero-order valence-electron chi connectivity index (χ0n) is 11.5. The molecule has 0 radical (unpaired) electrons. The Labute approximate surface area is 121 Å². The molecule has 1 heterocycles. The van der Waals surface area contributed by atoms with Gasteiger partial charge >= 0.3 is 0 Å². The Morgan fingerprint density at radius 3 is 2.43 bits per heavy atom. The van der Waals surface area contributed by atoms with Crippen molar-refractivity contribution >= 4 is 17.3 Å². The second-order valence-electron chi connectivity index (χ2n) is 4.82. The van der Waals surface area contributed by atoms with Gasteiger partial charge in [-0.15, -0.1) is 0 Å². The molecule has 3 rings (SSSR count). The van der Waals surface area contributed by atoms with Crippen LogP contribution in [0.1, 0.15) is 11.1 Å². The molecule has 1 aliphatic rings. The van der Waals surface area contributed by atoms with Gasteiger partial charge in [0.1, 0.15) is 5.82 Å². The van der Waals surface area contributed by atoms with Gasteiger partial charge in [-0.2, -0.15) is 0 Å². The van der Waals surface area contributed by atoms with E-state index in [9.17, 15) is 9.18 Å². The van der Waals surface area contributed by atoms with Crippen molar-refractivity contribution in [2.75, 3.05) is 11.9 Å². The van der Waals surface area contributed by atoms with E-state index in [-0.39, 0.29) is 5.91 Å². The number of carbonyl (C=O) groups is 1. The normalized spacial score (nSPS) is 18.0. The molecule has 2 aromatic rings. The fourth-order valence-corrected chi connectivity index (χ4v) is 2.42. The van der Waals surface area contributed by atoms with E-state index >= 15 is 0 Å². The monoisotopic (exact) mass is 283 g/mol. The summed E-state index contributed by atoms with van der Waals surface area (Å²) in [5.74, 6) is -0.718. The van der Waals surface area contributed by atoms with Gasteiger partial charge in [0.05, 0.1) is 11.4 Å². The van der Waals surface area contributed by atoms with Crippen LogP contribution in [-0.4, -0.2) is 24.8 Å². The zero-order valence-corrected chi connectivity index (χ0v) is 11.5. The summed E-state index contributed by atoms with van der Waals surface area (Å²) in [4.78, 5) is 17.9. The van der Waals surface area contributed by atoms with Crippen molar-refractivity contribution in [3.05, 3.63) is 65.5 Å². The number of halogens is 1. The lowest BCUT2D eigenvalue weighted by molar-refractivity contribution is -0.119. The van der Waals surface area contributed by atoms with Gasteiger partial charge in [0.2, 0.25) is 0 Å². The van der Waals surface area contributed by atoms with Crippen LogP contribution in [0.2, 0.25) is 0 Å². The van der Waals surface area contributed by atoms with Crippen molar-refractivity contribution in [2.24, 2.45) is 10.7 Å². The number of hydrogen-bond acceptors (Lipinski definition) is 3. The van der Waals surface area contributed by atoms with Gasteiger partial charge in [-0.1, -0.05) is 30.3 Å². The fraction of sp³-hybridized carbons (Fsp3) is 0.125. The molecule has 1 amide bonds. The lowest BCUT2D eigenvalue weighted by atomic mass is 10.00. The summed E-state index contributed by atoms with van der Waals surface area (Å²) in [5.41, 5.74) is 7.91. The molecule has 0 aliphatic carbocycles. The van der Waals surface area contributed by atoms with Crippen LogP contribution in [0.3, 0.4) is 0 Å². The van der Waals surface area contributed by atoms with Gasteiger partial charge in [0, 0.05) is 18.2 Å². The predicted octanol–water partition coefficient (Wildman–Crippen LogP) is 1.92. The van der Waals surface area contributed by atoms with Crippen LogP contribution >= 0.6 is 0 Å². The Morgan fingerprint density at radius 1 is 1.10 bits per heavy atom. The highest BCUT2D eigenvalue weighted by molar-refractivity contribution is 6.20. The average Bonchev–Trinajstić information content (AvgIpc) is 2.59. The number of benzodiazepines with no additional fused rings is 1. The number of nitrogens with two attached hydrogens (primary N) is 1. The highest BCUT2D eigenvalue weighted by Crippen LogP contribution is 2.27. The van der Waals surface area contributed by atoms with Gasteiger partial charge in [-0.05, 0) is 18.2 Å². The molecule has 1 aliphatic heterocycles. The standard InChI is InChI=1S/C16H14FN3O/c1-20-13-9-5-3-7-11(13)14(19-15(18)16(20)21)10-6-2-4-8-12(10)17/h2-9,15H,18H2,1H3/t15-/m0/s1. The lowest BCUT2D eigenvalue weighted by Crippen LogP contribution is -2.39. The summed E-state index contributed by atoms with van der Waals surface area (Å²) in [7, 11) is 1.64. The largest absolute Gasteiger partial charge is 0.312 e. The Hall–Kier alpha value is -2.53. The zero-order chi connectivity index (χ0) is 15.0. The van der Waals surface area contributed by atoms with Crippen molar-refractivity contribution in [3.63, 3.8) is 0 Å². The lowest BCUT2D eigenvalue weighted by Gasteiger charge is -2.18. The number of amides is 1. The summed E-state index contributed by atoms with van der Waals surface area (Å²) in [6.07, 6.45) is -1.04. The SMILES string of the molecule is CN1C(=O)[C@@H](N)N=C(c2ccccc2F)c2ccccc21. The van der Waals surface area contributed by atoms with E-state index in [0.29, 0.717) is 22.5 Å². The van der Waals surface area contributed by atoms with Crippen molar-refractivity contribution in [1.29, 1.82) is 0 Å². The molecule has 0 spiro atoms. The molecule has 0 fully saturated rings. The maximum Gasteiger partial charge on any atom is 0.266 e. The molecule has 21 heavy (non-hydrogen) atoms. The van der Waals surface area contributed by atoms with E-state index in [1.54, 1.807) is 31.3 Å². The molecular weight excluding hydrogens is 269 g/mol. The van der Waals surface area contributed by atoms with Gasteiger partial charge < -0.3 is 10.6 Å². The van der Waals surface area contributed by atoms with Crippen LogP contribution in [0, 0.1) is 5.82 Å². The van der Waals surface area contributed by atoms with E-state index in [2.05, 4.69) is 4.99 Å². The van der Waals surface area contributed by atoms with Crippen molar-refractivity contribution in [3.8, 4) is 0 Å². The topological polar surface area (TPSA) is 58.7 Å². The summed E-state index contributed by atoms with van der Waals surface area (Å²) < 4.78 is 14.1. The van der Waals surface area contributed by atoms with Crippen molar-refractivity contribution in [1.82, 2.24) is 0 Å². The third kappa shape index (κ3) is 2.21. The molecule has 1 atom stereocenters. The Bertz CT molecular complexity index is 742. The summed E-state index contributed by atoms with van der Waals surface area (Å²) >= 11 is 0. The molecule has 106 valence electrons. The summed E-state index contributed by atoms with van der Waals surface area (Å²) in [6.45, 7) is 0. The number of aliphatic imine (C=N–C) groups is 1. The molecule has 2 aromatic carbocycles. The van der Waals surface area contributed by atoms with Crippen LogP contribution in [0.25, 0.3) is 0 Å². The first kappa shape index (κ1) is 13.5. The molecule has 0 saturated heterocycles. The van der Waals surface area contributed by atoms with Gasteiger partial charge in [0.15, 0.2) is 6.17 Å². The quantitative estimate of drug-likeness (QED) is 0.869. The minimum Gasteiger partial charge on any atom is -0.312 e. The molecule has 4 nitrogen and oxygen atoms in total. The first-order valence-electron chi connectivity index (χ1n) is 6.55. The summed E-state index contributed by atoms with van der Waals surface area (Å²) in [5, 5.41) is 0. The van der Waals surface area contributed by atoms with Crippen LogP contribution in [0.4, 0.5) is 10.1 Å². The molecule has 0 unspecified atom stereocenters. The molecule has 0 saturated carbocycles. The van der Waals surface area contributed by atoms with Gasteiger partial charge in [-0.3, -0.25) is 9.79 Å². The minimum absolute atomic E-state index is 0.325. The first-order chi connectivity index (χ1) is 10.1. The molecule has 0 aromatic heterocycles. The second-order valence-corrected chi connectivity index (χ2v) is 4.82. The van der Waals surface area contributed by atoms with Crippen molar-refractivity contribution in [2.45, 2.75) is 6.17 Å². The van der Waals surface area contributed by atoms with Crippen LogP contribution in [0.15, 0.2) is 53.5 Å². The third-order valence-corrected chi connectivity index (χ3v) is 3.50. The molecule has 0 bridgehead atoms. The van der Waals surface area contributed by atoms with Crippen LogP contribution in [-0.2, 0) is 4.79 Å². The number of nitrogens with zero attached hydrogens (tertiary/aromatic N) is 2. The average molecular weight is 283 g/mol. The second kappa shape index (κ2) is 5.10. The Balaban J connectivity index is 2.28. The third-order valence-electron chi connectivity index (χ3n) is 3.50. The summed E-state index contributed by atoms with van der Waals surface area (Å²) in [6, 6.07) is 13.6. The smallest absolute Gasteiger partial charge is 0.266 e. The first-order valence-corrected chi connectivity index (χ1v) is 6.55. The van der Waals surface area contributed by atoms with E-state index in [0.717, 1.165) is 0 Å². The number of hydrogen-bond donors (Lipinski definition) is 1. The van der Waals surface area contributed by atoms with Gasteiger partial charge in [0.25, 0.3) is 5.91 Å². The number of carbonyl (C=O) groups excluding carboxylic acids is 1. The van der Waals surface area contributed by atoms with E-state index in [4.69, 9.17) is 5.73 Å².